The van der Waals surface area contributed by atoms with Gasteiger partial charge < -0.3 is 20.3 Å². The third kappa shape index (κ3) is 38.7. The van der Waals surface area contributed by atoms with E-state index in [9.17, 15) is 19.8 Å². The van der Waals surface area contributed by atoms with Crippen molar-refractivity contribution >= 4 is 11.9 Å². The molecule has 3 N–H and O–H groups in total. The zero-order chi connectivity index (χ0) is 41.0. The van der Waals surface area contributed by atoms with E-state index in [-0.39, 0.29) is 24.9 Å². The van der Waals surface area contributed by atoms with Crippen molar-refractivity contribution in [3.8, 4) is 0 Å². The maximum absolute atomic E-state index is 13.1. The molecule has 6 heteroatoms. The van der Waals surface area contributed by atoms with Crippen molar-refractivity contribution in [1.29, 1.82) is 0 Å². The van der Waals surface area contributed by atoms with Crippen molar-refractivity contribution in [2.45, 2.75) is 251 Å². The molecule has 326 valence electrons. The molecule has 0 aromatic heterocycles. The Balaban J connectivity index is 4.49. The summed E-state index contributed by atoms with van der Waals surface area (Å²) in [5.41, 5.74) is 0. The highest BCUT2D eigenvalue weighted by atomic mass is 16.5. The summed E-state index contributed by atoms with van der Waals surface area (Å²) in [7, 11) is 0. The molecule has 0 aromatic rings. The predicted molar refractivity (Wildman–Crippen MR) is 241 cm³/mol. The van der Waals surface area contributed by atoms with Crippen LogP contribution in [0.2, 0.25) is 0 Å². The van der Waals surface area contributed by atoms with E-state index in [0.29, 0.717) is 19.3 Å². The number of carbonyl (C=O) groups is 2. The number of hydrogen-bond acceptors (Lipinski definition) is 5. The SMILES string of the molecule is CCCC/C=C\CCCCCC(CC(=O)NC(CO)C(O)CCCCCCCCCCC)OC(=O)CCCCCCCC/C=C\C/C=C\C/C=C\CCCCC. The van der Waals surface area contributed by atoms with E-state index in [1.807, 2.05) is 0 Å². The molecule has 0 saturated carbocycles. The number of aliphatic hydroxyl groups is 2. The lowest BCUT2D eigenvalue weighted by atomic mass is 10.0. The van der Waals surface area contributed by atoms with Crippen LogP contribution in [0.5, 0.6) is 0 Å². The predicted octanol–water partition coefficient (Wildman–Crippen LogP) is 13.9. The monoisotopic (exact) mass is 786 g/mol. The van der Waals surface area contributed by atoms with E-state index in [2.05, 4.69) is 74.7 Å². The van der Waals surface area contributed by atoms with Crippen LogP contribution in [0, 0.1) is 0 Å². The molecule has 56 heavy (non-hydrogen) atoms. The van der Waals surface area contributed by atoms with Gasteiger partial charge in [-0.3, -0.25) is 9.59 Å². The number of hydrogen-bond donors (Lipinski definition) is 3. The first-order valence-corrected chi connectivity index (χ1v) is 23.9. The van der Waals surface area contributed by atoms with Crippen LogP contribution in [-0.2, 0) is 14.3 Å². The van der Waals surface area contributed by atoms with Gasteiger partial charge in [-0.25, -0.2) is 0 Å². The molecule has 0 radical (unpaired) electrons. The topological polar surface area (TPSA) is 95.9 Å². The summed E-state index contributed by atoms with van der Waals surface area (Å²) in [6.45, 7) is 6.37. The van der Waals surface area contributed by atoms with Crippen LogP contribution in [0.3, 0.4) is 0 Å². The standard InChI is InChI=1S/C50H91NO5/c1-4-7-10-13-16-19-20-21-22-23-24-25-26-27-28-31-34-37-40-43-50(55)56-46(41-38-35-32-29-17-14-11-8-5-2)44-49(54)51-47(45-52)48(53)42-39-36-33-30-18-15-12-9-6-3/h14,16-17,19,21-22,24-25,46-48,52-53H,4-13,15,18,20,23,26-45H2,1-3H3,(H,51,54)/b17-14-,19-16-,22-21-,25-24-. The molecule has 6 nitrogen and oxygen atoms in total. The number of unbranched alkanes of at least 4 members (excludes halogenated alkanes) is 22. The van der Waals surface area contributed by atoms with Crippen molar-refractivity contribution in [2.75, 3.05) is 6.61 Å². The second-order valence-corrected chi connectivity index (χ2v) is 16.2. The van der Waals surface area contributed by atoms with E-state index < -0.39 is 18.2 Å². The van der Waals surface area contributed by atoms with Gasteiger partial charge in [-0.1, -0.05) is 185 Å². The van der Waals surface area contributed by atoms with Crippen LogP contribution < -0.4 is 5.32 Å². The maximum Gasteiger partial charge on any atom is 0.306 e. The number of ether oxygens (including phenoxy) is 1. The van der Waals surface area contributed by atoms with Crippen molar-refractivity contribution in [2.24, 2.45) is 0 Å². The van der Waals surface area contributed by atoms with Crippen molar-refractivity contribution in [3.63, 3.8) is 0 Å². The first-order valence-electron chi connectivity index (χ1n) is 23.9. The molecule has 0 bridgehead atoms. The highest BCUT2D eigenvalue weighted by Crippen LogP contribution is 2.17. The minimum atomic E-state index is -0.791. The first-order chi connectivity index (χ1) is 27.5. The minimum Gasteiger partial charge on any atom is -0.462 e. The van der Waals surface area contributed by atoms with Crippen LogP contribution in [0.1, 0.15) is 233 Å². The van der Waals surface area contributed by atoms with Gasteiger partial charge in [0.15, 0.2) is 0 Å². The second-order valence-electron chi connectivity index (χ2n) is 16.2. The lowest BCUT2D eigenvalue weighted by Crippen LogP contribution is -2.46. The lowest BCUT2D eigenvalue weighted by Gasteiger charge is -2.24. The fourth-order valence-corrected chi connectivity index (χ4v) is 6.95. The number of esters is 1. The van der Waals surface area contributed by atoms with Gasteiger partial charge in [-0.2, -0.15) is 0 Å². The average molecular weight is 786 g/mol. The quantitative estimate of drug-likeness (QED) is 0.0325. The summed E-state index contributed by atoms with van der Waals surface area (Å²) < 4.78 is 5.88. The highest BCUT2D eigenvalue weighted by molar-refractivity contribution is 5.77. The van der Waals surface area contributed by atoms with Crippen LogP contribution >= 0.6 is 0 Å². The molecule has 0 fully saturated rings. The van der Waals surface area contributed by atoms with Gasteiger partial charge in [0.1, 0.15) is 6.10 Å². The molecule has 0 aliphatic heterocycles. The van der Waals surface area contributed by atoms with Crippen molar-refractivity contribution < 1.29 is 24.5 Å². The molecule has 3 atom stereocenters. The molecule has 0 rings (SSSR count). The molecule has 0 spiro atoms. The number of rotatable bonds is 42. The lowest BCUT2D eigenvalue weighted by molar-refractivity contribution is -0.151. The molecule has 0 aromatic carbocycles. The number of nitrogens with one attached hydrogen (secondary N) is 1. The van der Waals surface area contributed by atoms with Crippen LogP contribution in [0.25, 0.3) is 0 Å². The Morgan fingerprint density at radius 1 is 0.518 bits per heavy atom. The summed E-state index contributed by atoms with van der Waals surface area (Å²) in [5, 5.41) is 23.6. The summed E-state index contributed by atoms with van der Waals surface area (Å²) >= 11 is 0. The zero-order valence-electron chi connectivity index (χ0n) is 37.0. The third-order valence-corrected chi connectivity index (χ3v) is 10.6. The molecule has 3 unspecified atom stereocenters. The Morgan fingerprint density at radius 3 is 1.50 bits per heavy atom. The molecular weight excluding hydrogens is 695 g/mol. The molecule has 0 aliphatic rings. The van der Waals surface area contributed by atoms with Crippen LogP contribution in [0.4, 0.5) is 0 Å². The first kappa shape index (κ1) is 53.8. The maximum atomic E-state index is 13.1. The van der Waals surface area contributed by atoms with E-state index in [1.165, 1.54) is 96.3 Å². The number of amides is 1. The smallest absolute Gasteiger partial charge is 0.306 e. The summed E-state index contributed by atoms with van der Waals surface area (Å²) in [4.78, 5) is 26.0. The molecular formula is C50H91NO5. The summed E-state index contributed by atoms with van der Waals surface area (Å²) in [5.74, 6) is -0.507. The normalized spacial score (nSPS) is 13.7. The zero-order valence-corrected chi connectivity index (χ0v) is 37.0. The fourth-order valence-electron chi connectivity index (χ4n) is 6.95. The van der Waals surface area contributed by atoms with Crippen LogP contribution in [-0.4, -0.2) is 46.9 Å². The van der Waals surface area contributed by atoms with Gasteiger partial charge in [0.05, 0.1) is 25.2 Å². The Kier molecular flexibility index (Phi) is 42.2. The molecule has 0 aliphatic carbocycles. The van der Waals surface area contributed by atoms with E-state index >= 15 is 0 Å². The van der Waals surface area contributed by atoms with E-state index in [0.717, 1.165) is 89.9 Å². The molecule has 0 saturated heterocycles. The fraction of sp³-hybridized carbons (Fsp3) is 0.800. The van der Waals surface area contributed by atoms with Gasteiger partial charge in [0, 0.05) is 6.42 Å². The van der Waals surface area contributed by atoms with Gasteiger partial charge in [-0.15, -0.1) is 0 Å². The van der Waals surface area contributed by atoms with Gasteiger partial charge in [0.25, 0.3) is 0 Å². The Morgan fingerprint density at radius 2 is 0.929 bits per heavy atom. The number of allylic oxidation sites excluding steroid dienone is 8. The third-order valence-electron chi connectivity index (χ3n) is 10.6. The highest BCUT2D eigenvalue weighted by Gasteiger charge is 2.24. The second kappa shape index (κ2) is 43.9. The van der Waals surface area contributed by atoms with Crippen LogP contribution in [0.15, 0.2) is 48.6 Å². The van der Waals surface area contributed by atoms with Crippen molar-refractivity contribution in [3.05, 3.63) is 48.6 Å². The average Bonchev–Trinajstić information content (AvgIpc) is 3.19. The summed E-state index contributed by atoms with van der Waals surface area (Å²) in [6, 6.07) is -0.706. The Bertz CT molecular complexity index is 972. The van der Waals surface area contributed by atoms with E-state index in [1.54, 1.807) is 0 Å². The van der Waals surface area contributed by atoms with Gasteiger partial charge >= 0.3 is 5.97 Å². The van der Waals surface area contributed by atoms with Gasteiger partial charge in [0.2, 0.25) is 5.91 Å². The minimum absolute atomic E-state index is 0.0607. The van der Waals surface area contributed by atoms with Gasteiger partial charge in [-0.05, 0) is 83.5 Å². The summed E-state index contributed by atoms with van der Waals surface area (Å²) in [6.07, 6.45) is 51.8. The van der Waals surface area contributed by atoms with E-state index in [4.69, 9.17) is 4.74 Å². The Labute approximate surface area is 346 Å². The number of aliphatic hydroxyl groups excluding tert-OH is 2. The van der Waals surface area contributed by atoms with Crippen molar-refractivity contribution in [1.82, 2.24) is 5.32 Å². The molecule has 0 heterocycles. The largest absolute Gasteiger partial charge is 0.462 e. The Hall–Kier alpha value is -2.18. The number of carbonyl (C=O) groups excluding carboxylic acids is 2. The molecule has 1 amide bonds.